The van der Waals surface area contributed by atoms with Crippen molar-refractivity contribution < 1.29 is 22.8 Å². The molecule has 0 spiro atoms. The fourth-order valence-electron chi connectivity index (χ4n) is 4.05. The highest BCUT2D eigenvalue weighted by molar-refractivity contribution is 6.43. The van der Waals surface area contributed by atoms with Crippen LogP contribution in [0.2, 0.25) is 0 Å². The second-order valence-corrected chi connectivity index (χ2v) is 8.14. The summed E-state index contributed by atoms with van der Waals surface area (Å²) in [6, 6.07) is 4.69. The van der Waals surface area contributed by atoms with E-state index in [9.17, 15) is 22.8 Å². The van der Waals surface area contributed by atoms with Gasteiger partial charge in [-0.3, -0.25) is 9.59 Å². The highest BCUT2D eigenvalue weighted by Crippen LogP contribution is 2.31. The molecule has 1 atom stereocenters. The van der Waals surface area contributed by atoms with Gasteiger partial charge in [0.25, 0.3) is 11.7 Å². The lowest BCUT2D eigenvalue weighted by Crippen LogP contribution is -2.41. The van der Waals surface area contributed by atoms with Crippen molar-refractivity contribution in [1.29, 1.82) is 0 Å². The second-order valence-electron chi connectivity index (χ2n) is 8.14. The number of likely N-dealkylation sites (tertiary alicyclic amines) is 1. The van der Waals surface area contributed by atoms with E-state index in [1.165, 1.54) is 23.2 Å². The lowest BCUT2D eigenvalue weighted by molar-refractivity contribution is -0.137. The van der Waals surface area contributed by atoms with Crippen LogP contribution in [0, 0.1) is 19.8 Å². The highest BCUT2D eigenvalue weighted by atomic mass is 19.4. The molecule has 1 amide bonds. The van der Waals surface area contributed by atoms with Crippen molar-refractivity contribution in [3.05, 3.63) is 46.8 Å². The number of hydrogen-bond acceptors (Lipinski definition) is 4. The normalized spacial score (nSPS) is 17.5. The van der Waals surface area contributed by atoms with Crippen molar-refractivity contribution in [2.24, 2.45) is 5.92 Å². The third kappa shape index (κ3) is 5.33. The highest BCUT2D eigenvalue weighted by Gasteiger charge is 2.31. The van der Waals surface area contributed by atoms with Gasteiger partial charge in [0, 0.05) is 19.6 Å². The summed E-state index contributed by atoms with van der Waals surface area (Å²) in [7, 11) is 0. The molecule has 0 aliphatic carbocycles. The number of nitrogens with zero attached hydrogens (tertiary/aromatic N) is 3. The van der Waals surface area contributed by atoms with Crippen LogP contribution >= 0.6 is 0 Å². The molecule has 1 fully saturated rings. The molecule has 1 aliphatic rings. The van der Waals surface area contributed by atoms with Crippen molar-refractivity contribution in [2.45, 2.75) is 39.8 Å². The van der Waals surface area contributed by atoms with Gasteiger partial charge in [-0.15, -0.1) is 0 Å². The lowest BCUT2D eigenvalue weighted by Gasteiger charge is -2.30. The van der Waals surface area contributed by atoms with Gasteiger partial charge in [-0.05, 0) is 57.4 Å². The smallest absolute Gasteiger partial charge is 0.348 e. The zero-order valence-electron chi connectivity index (χ0n) is 17.9. The minimum absolute atomic E-state index is 0.113. The van der Waals surface area contributed by atoms with Crippen LogP contribution in [0.25, 0.3) is 5.69 Å². The van der Waals surface area contributed by atoms with E-state index in [4.69, 9.17) is 0 Å². The van der Waals surface area contributed by atoms with Gasteiger partial charge in [-0.1, -0.05) is 13.0 Å². The Hall–Kier alpha value is -2.68. The number of halogens is 3. The predicted octanol–water partition coefficient (Wildman–Crippen LogP) is 3.54. The number of rotatable bonds is 6. The molecule has 1 N–H and O–H groups in total. The molecule has 3 rings (SSSR count). The molecule has 1 aromatic carbocycles. The number of alkyl halides is 3. The number of amides is 1. The molecule has 9 heteroatoms. The van der Waals surface area contributed by atoms with Crippen LogP contribution in [0.4, 0.5) is 13.2 Å². The van der Waals surface area contributed by atoms with E-state index in [0.29, 0.717) is 30.4 Å². The first-order valence-corrected chi connectivity index (χ1v) is 10.4. The number of ketones is 1. The van der Waals surface area contributed by atoms with Gasteiger partial charge in [0.1, 0.15) is 0 Å². The second kappa shape index (κ2) is 9.21. The number of carbonyl (C=O) groups excluding carboxylic acids is 2. The van der Waals surface area contributed by atoms with Gasteiger partial charge in [-0.25, -0.2) is 4.68 Å². The number of benzene rings is 1. The van der Waals surface area contributed by atoms with E-state index in [2.05, 4.69) is 22.2 Å². The summed E-state index contributed by atoms with van der Waals surface area (Å²) < 4.78 is 40.4. The van der Waals surface area contributed by atoms with Crippen LogP contribution in [-0.4, -0.2) is 52.5 Å². The van der Waals surface area contributed by atoms with Crippen molar-refractivity contribution in [3.63, 3.8) is 0 Å². The summed E-state index contributed by atoms with van der Waals surface area (Å²) in [6.45, 7) is 8.31. The summed E-state index contributed by atoms with van der Waals surface area (Å²) in [5.41, 5.74) is 0.0903. The van der Waals surface area contributed by atoms with E-state index < -0.39 is 23.4 Å². The molecule has 1 aliphatic heterocycles. The summed E-state index contributed by atoms with van der Waals surface area (Å²) >= 11 is 0. The Morgan fingerprint density at radius 3 is 2.68 bits per heavy atom. The summed E-state index contributed by atoms with van der Waals surface area (Å²) in [6.07, 6.45) is -2.16. The SMILES string of the molecule is Cc1nn(-c2cccc(C(F)(F)F)c2)c(C)c1C(=O)C(=O)NCCN1CCCC(C)C1. The van der Waals surface area contributed by atoms with E-state index in [1.807, 2.05) is 0 Å². The van der Waals surface area contributed by atoms with Gasteiger partial charge >= 0.3 is 6.18 Å². The minimum atomic E-state index is -4.49. The minimum Gasteiger partial charge on any atom is -0.348 e. The molecule has 6 nitrogen and oxygen atoms in total. The summed E-state index contributed by atoms with van der Waals surface area (Å²) in [4.78, 5) is 27.4. The fourth-order valence-corrected chi connectivity index (χ4v) is 4.05. The number of nitrogens with one attached hydrogen (secondary N) is 1. The number of Topliss-reactive ketones (excluding diaryl/α,β-unsaturated/α-hetero) is 1. The monoisotopic (exact) mass is 436 g/mol. The molecule has 1 aromatic heterocycles. The summed E-state index contributed by atoms with van der Waals surface area (Å²) in [5, 5.41) is 6.87. The fraction of sp³-hybridized carbons (Fsp3) is 0.500. The van der Waals surface area contributed by atoms with E-state index in [0.717, 1.165) is 31.6 Å². The van der Waals surface area contributed by atoms with Crippen molar-refractivity contribution >= 4 is 11.7 Å². The van der Waals surface area contributed by atoms with Gasteiger partial charge in [0.2, 0.25) is 0 Å². The number of carbonyl (C=O) groups is 2. The molecule has 0 bridgehead atoms. The van der Waals surface area contributed by atoms with Crippen LogP contribution in [0.3, 0.4) is 0 Å². The van der Waals surface area contributed by atoms with E-state index in [-0.39, 0.29) is 11.3 Å². The standard InChI is InChI=1S/C22H27F3N4O2/c1-14-6-5-10-28(13-14)11-9-26-21(31)20(30)19-15(2)27-29(16(19)3)18-8-4-7-17(12-18)22(23,24)25/h4,7-8,12,14H,5-6,9-11,13H2,1-3H3,(H,26,31). The zero-order valence-corrected chi connectivity index (χ0v) is 17.9. The van der Waals surface area contributed by atoms with E-state index >= 15 is 0 Å². The van der Waals surface area contributed by atoms with Crippen molar-refractivity contribution in [3.8, 4) is 5.69 Å². The quantitative estimate of drug-likeness (QED) is 0.556. The Morgan fingerprint density at radius 1 is 1.26 bits per heavy atom. The van der Waals surface area contributed by atoms with Crippen LogP contribution in [0.1, 0.15) is 47.1 Å². The third-order valence-electron chi connectivity index (χ3n) is 5.60. The molecular formula is C22H27F3N4O2. The summed E-state index contributed by atoms with van der Waals surface area (Å²) in [5.74, 6) is -0.849. The Bertz CT molecular complexity index is 968. The van der Waals surface area contributed by atoms with Crippen molar-refractivity contribution in [2.75, 3.05) is 26.2 Å². The first-order chi connectivity index (χ1) is 14.6. The number of aromatic nitrogens is 2. The molecule has 31 heavy (non-hydrogen) atoms. The molecule has 2 heterocycles. The topological polar surface area (TPSA) is 67.2 Å². The molecule has 1 saturated heterocycles. The first kappa shape index (κ1) is 23.0. The number of hydrogen-bond donors (Lipinski definition) is 1. The largest absolute Gasteiger partial charge is 0.416 e. The number of aryl methyl sites for hydroxylation is 1. The maximum atomic E-state index is 13.0. The Balaban J connectivity index is 1.71. The van der Waals surface area contributed by atoms with Crippen LogP contribution in [0.5, 0.6) is 0 Å². The Labute approximate surface area is 179 Å². The van der Waals surface area contributed by atoms with Crippen LogP contribution in [0.15, 0.2) is 24.3 Å². The number of piperidine rings is 1. The Morgan fingerprint density at radius 2 is 2.00 bits per heavy atom. The van der Waals surface area contributed by atoms with Gasteiger partial charge in [-0.2, -0.15) is 18.3 Å². The molecule has 0 saturated carbocycles. The zero-order chi connectivity index (χ0) is 22.8. The molecule has 1 unspecified atom stereocenters. The maximum absolute atomic E-state index is 13.0. The lowest BCUT2D eigenvalue weighted by atomic mass is 10.0. The van der Waals surface area contributed by atoms with Gasteiger partial charge < -0.3 is 10.2 Å². The molecule has 2 aromatic rings. The third-order valence-corrected chi connectivity index (χ3v) is 5.60. The van der Waals surface area contributed by atoms with Crippen LogP contribution in [-0.2, 0) is 11.0 Å². The molecule has 0 radical (unpaired) electrons. The van der Waals surface area contributed by atoms with Gasteiger partial charge in [0.15, 0.2) is 0 Å². The molecule has 168 valence electrons. The van der Waals surface area contributed by atoms with Gasteiger partial charge in [0.05, 0.1) is 28.2 Å². The maximum Gasteiger partial charge on any atom is 0.416 e. The van der Waals surface area contributed by atoms with Crippen molar-refractivity contribution in [1.82, 2.24) is 20.0 Å². The average molecular weight is 436 g/mol. The van der Waals surface area contributed by atoms with E-state index in [1.54, 1.807) is 13.8 Å². The first-order valence-electron chi connectivity index (χ1n) is 10.4. The predicted molar refractivity (Wildman–Crippen MR) is 110 cm³/mol. The van der Waals surface area contributed by atoms with Crippen LogP contribution < -0.4 is 5.32 Å². The molecular weight excluding hydrogens is 409 g/mol. The average Bonchev–Trinajstić information content (AvgIpc) is 3.01. The Kier molecular flexibility index (Phi) is 6.83.